The van der Waals surface area contributed by atoms with Crippen molar-refractivity contribution >= 4 is 29.0 Å². The number of pyridine rings is 1. The van der Waals surface area contributed by atoms with Crippen LogP contribution in [-0.4, -0.2) is 33.9 Å². The Balaban J connectivity index is 1.95. The maximum absolute atomic E-state index is 14.3. The third-order valence-electron chi connectivity index (χ3n) is 5.78. The van der Waals surface area contributed by atoms with E-state index >= 15 is 0 Å². The number of halogens is 1. The molecule has 4 rings (SSSR count). The normalized spacial score (nSPS) is 11.8. The number of carbonyl (C=O) groups is 2. The number of hydrogen-bond donors (Lipinski definition) is 3. The summed E-state index contributed by atoms with van der Waals surface area (Å²) in [6.07, 6.45) is 1.33. The summed E-state index contributed by atoms with van der Waals surface area (Å²) in [5.74, 6) is -0.886. The van der Waals surface area contributed by atoms with Crippen LogP contribution in [-0.2, 0) is 9.59 Å². The van der Waals surface area contributed by atoms with Gasteiger partial charge in [-0.1, -0.05) is 18.2 Å². The lowest BCUT2D eigenvalue weighted by molar-refractivity contribution is -0.135. The molecule has 9 nitrogen and oxygen atoms in total. The van der Waals surface area contributed by atoms with Gasteiger partial charge in [0.1, 0.15) is 40.5 Å². The summed E-state index contributed by atoms with van der Waals surface area (Å²) < 4.78 is 27.0. The zero-order valence-corrected chi connectivity index (χ0v) is 21.0. The second-order valence-electron chi connectivity index (χ2n) is 8.85. The molecule has 4 aromatic rings. The Kier molecular flexibility index (Phi) is 7.12. The Morgan fingerprint density at radius 3 is 2.46 bits per heavy atom. The van der Waals surface area contributed by atoms with Gasteiger partial charge in [-0.15, -0.1) is 0 Å². The number of esters is 1. The highest BCUT2D eigenvalue weighted by Crippen LogP contribution is 2.42. The molecule has 0 spiro atoms. The molecule has 192 valence electrons. The van der Waals surface area contributed by atoms with Gasteiger partial charge >= 0.3 is 5.97 Å². The van der Waals surface area contributed by atoms with Crippen LogP contribution in [0.1, 0.15) is 23.6 Å². The third-order valence-corrected chi connectivity index (χ3v) is 5.78. The number of primary amides is 1. The van der Waals surface area contributed by atoms with Crippen molar-refractivity contribution in [2.24, 2.45) is 11.5 Å². The van der Waals surface area contributed by atoms with Crippen LogP contribution in [0.3, 0.4) is 0 Å². The van der Waals surface area contributed by atoms with Crippen LogP contribution in [0.2, 0.25) is 0 Å². The molecule has 2 aromatic heterocycles. The van der Waals surface area contributed by atoms with E-state index in [1.165, 1.54) is 25.3 Å². The predicted octanol–water partition coefficient (Wildman–Crippen LogP) is 3.93. The Labute approximate surface area is 213 Å². The number of anilines is 2. The van der Waals surface area contributed by atoms with Crippen molar-refractivity contribution in [1.82, 2.24) is 9.38 Å². The lowest BCUT2D eigenvalue weighted by Gasteiger charge is -2.18. The molecule has 0 saturated heterocycles. The van der Waals surface area contributed by atoms with E-state index in [-0.39, 0.29) is 11.5 Å². The van der Waals surface area contributed by atoms with Crippen LogP contribution in [0.25, 0.3) is 16.9 Å². The van der Waals surface area contributed by atoms with E-state index in [4.69, 9.17) is 25.9 Å². The number of aryl methyl sites for hydroxylation is 3. The van der Waals surface area contributed by atoms with Gasteiger partial charge in [0.25, 0.3) is 5.91 Å². The van der Waals surface area contributed by atoms with Gasteiger partial charge in [-0.2, -0.15) is 0 Å². The lowest BCUT2D eigenvalue weighted by Crippen LogP contribution is -2.30. The lowest BCUT2D eigenvalue weighted by atomic mass is 10.0. The Morgan fingerprint density at radius 2 is 1.81 bits per heavy atom. The Morgan fingerprint density at radius 1 is 1.11 bits per heavy atom. The summed E-state index contributed by atoms with van der Waals surface area (Å²) in [7, 11) is 0. The minimum absolute atomic E-state index is 0.182. The molecule has 0 aliphatic rings. The van der Waals surface area contributed by atoms with Crippen molar-refractivity contribution in [2.45, 2.75) is 33.7 Å². The summed E-state index contributed by atoms with van der Waals surface area (Å²) >= 11 is 0. The number of nitrogens with zero attached hydrogens (tertiary/aromatic N) is 2. The van der Waals surface area contributed by atoms with Crippen LogP contribution < -0.4 is 26.3 Å². The summed E-state index contributed by atoms with van der Waals surface area (Å²) in [5, 5.41) is 3.42. The van der Waals surface area contributed by atoms with Crippen molar-refractivity contribution in [3.05, 3.63) is 71.2 Å². The molecule has 0 aliphatic heterocycles. The van der Waals surface area contributed by atoms with Gasteiger partial charge in [0.15, 0.2) is 6.61 Å². The molecule has 0 fully saturated rings. The first-order valence-corrected chi connectivity index (χ1v) is 11.6. The third kappa shape index (κ3) is 5.39. The Hall–Kier alpha value is -4.44. The zero-order chi connectivity index (χ0) is 26.9. The minimum atomic E-state index is -0.837. The van der Waals surface area contributed by atoms with Crippen molar-refractivity contribution < 1.29 is 23.5 Å². The predicted molar refractivity (Wildman–Crippen MR) is 138 cm³/mol. The van der Waals surface area contributed by atoms with Crippen LogP contribution in [0.5, 0.6) is 11.5 Å². The number of fused-ring (bicyclic) bond motifs is 1. The first kappa shape index (κ1) is 25.6. The van der Waals surface area contributed by atoms with Crippen molar-refractivity contribution in [3.63, 3.8) is 0 Å². The number of rotatable bonds is 8. The van der Waals surface area contributed by atoms with E-state index in [9.17, 15) is 14.0 Å². The van der Waals surface area contributed by atoms with Crippen molar-refractivity contribution in [2.75, 3.05) is 11.9 Å². The fraction of sp³-hybridized carbons (Fsp3) is 0.222. The standard InChI is InChI=1S/C27H28FN5O4/c1-14-6-5-7-15(2)24(14)32-26-25(31-22-9-8-18(28)12-33(22)26)23-16(3)10-19(37-27(35)17(4)29)11-20(23)36-13-21(30)34/h5-12,17,32H,13,29H2,1-4H3,(H2,30,34). The summed E-state index contributed by atoms with van der Waals surface area (Å²) in [4.78, 5) is 28.4. The molecule has 2 heterocycles. The molecule has 0 saturated carbocycles. The zero-order valence-electron chi connectivity index (χ0n) is 21.0. The minimum Gasteiger partial charge on any atom is -0.483 e. The number of nitrogens with one attached hydrogen (secondary N) is 1. The monoisotopic (exact) mass is 505 g/mol. The van der Waals surface area contributed by atoms with Gasteiger partial charge in [-0.25, -0.2) is 14.2 Å². The van der Waals surface area contributed by atoms with E-state index in [2.05, 4.69) is 5.32 Å². The van der Waals surface area contributed by atoms with Crippen LogP contribution in [0.4, 0.5) is 15.9 Å². The first-order chi connectivity index (χ1) is 17.5. The average Bonchev–Trinajstić information content (AvgIpc) is 3.16. The summed E-state index contributed by atoms with van der Waals surface area (Å²) in [6, 6.07) is 11.0. The van der Waals surface area contributed by atoms with Crippen LogP contribution in [0.15, 0.2) is 48.7 Å². The van der Waals surface area contributed by atoms with E-state index < -0.39 is 30.3 Å². The second-order valence-corrected chi connectivity index (χ2v) is 8.85. The molecule has 37 heavy (non-hydrogen) atoms. The SMILES string of the molecule is Cc1cccc(C)c1Nc1c(-c2c(C)cc(OC(=O)C(C)N)cc2OCC(N)=O)nc2ccc(F)cn12. The number of ether oxygens (including phenoxy) is 2. The topological polar surface area (TPSA) is 134 Å². The molecule has 1 atom stereocenters. The molecular formula is C27H28FN5O4. The van der Waals surface area contributed by atoms with Gasteiger partial charge in [0, 0.05) is 23.5 Å². The van der Waals surface area contributed by atoms with Gasteiger partial charge in [0.05, 0.1) is 0 Å². The first-order valence-electron chi connectivity index (χ1n) is 11.6. The maximum Gasteiger partial charge on any atom is 0.328 e. The second kappa shape index (κ2) is 10.3. The molecule has 2 aromatic carbocycles. The van der Waals surface area contributed by atoms with E-state index in [1.807, 2.05) is 32.0 Å². The van der Waals surface area contributed by atoms with Gasteiger partial charge in [-0.05, 0) is 62.6 Å². The number of benzene rings is 2. The Bertz CT molecular complexity index is 1490. The summed E-state index contributed by atoms with van der Waals surface area (Å²) in [6.45, 7) is 6.80. The van der Waals surface area contributed by atoms with Crippen molar-refractivity contribution in [3.8, 4) is 22.8 Å². The largest absolute Gasteiger partial charge is 0.483 e. The molecule has 5 N–H and O–H groups in total. The van der Waals surface area contributed by atoms with Gasteiger partial charge < -0.3 is 26.3 Å². The fourth-order valence-corrected chi connectivity index (χ4v) is 4.00. The molecule has 0 radical (unpaired) electrons. The number of imidazole rings is 1. The molecule has 0 bridgehead atoms. The molecular weight excluding hydrogens is 477 g/mol. The number of aromatic nitrogens is 2. The van der Waals surface area contributed by atoms with Gasteiger partial charge in [-0.3, -0.25) is 9.20 Å². The van der Waals surface area contributed by atoms with Crippen molar-refractivity contribution in [1.29, 1.82) is 0 Å². The number of hydrogen-bond acceptors (Lipinski definition) is 7. The molecule has 0 aliphatic carbocycles. The average molecular weight is 506 g/mol. The quantitative estimate of drug-likeness (QED) is 0.244. The molecule has 1 unspecified atom stereocenters. The number of carbonyl (C=O) groups excluding carboxylic acids is 2. The van der Waals surface area contributed by atoms with Crippen LogP contribution in [0, 0.1) is 26.6 Å². The smallest absolute Gasteiger partial charge is 0.328 e. The van der Waals surface area contributed by atoms with E-state index in [0.717, 1.165) is 16.8 Å². The highest BCUT2D eigenvalue weighted by Gasteiger charge is 2.23. The number of amides is 1. The summed E-state index contributed by atoms with van der Waals surface area (Å²) in [5.41, 5.74) is 15.8. The van der Waals surface area contributed by atoms with E-state index in [1.54, 1.807) is 23.5 Å². The van der Waals surface area contributed by atoms with E-state index in [0.29, 0.717) is 28.3 Å². The number of para-hydroxylation sites is 1. The highest BCUT2D eigenvalue weighted by atomic mass is 19.1. The van der Waals surface area contributed by atoms with Crippen LogP contribution >= 0.6 is 0 Å². The maximum atomic E-state index is 14.3. The fourth-order valence-electron chi connectivity index (χ4n) is 4.00. The number of nitrogens with two attached hydrogens (primary N) is 2. The molecule has 1 amide bonds. The highest BCUT2D eigenvalue weighted by molar-refractivity contribution is 5.87. The van der Waals surface area contributed by atoms with Gasteiger partial charge in [0.2, 0.25) is 0 Å². The molecule has 10 heteroatoms.